The molecular formula is C11H14FN3O2. The van der Waals surface area contributed by atoms with E-state index in [0.717, 1.165) is 19.2 Å². The minimum absolute atomic E-state index is 0.194. The maximum absolute atomic E-state index is 13.2. The fourth-order valence-electron chi connectivity index (χ4n) is 1.83. The standard InChI is InChI=1S/C11H14FN3O2/c1-14(11-5-13-6-11)7-8-2-9(12)4-10(3-8)15(16)17/h2-4,11,13H,5-7H2,1H3. The third kappa shape index (κ3) is 2.78. The van der Waals surface area contributed by atoms with Crippen LogP contribution in [-0.2, 0) is 6.54 Å². The maximum Gasteiger partial charge on any atom is 0.272 e. The first-order chi connectivity index (χ1) is 8.06. The SMILES string of the molecule is CN(Cc1cc(F)cc([N+](=O)[O-])c1)C1CNC1. The largest absolute Gasteiger partial charge is 0.314 e. The number of nitro groups is 1. The highest BCUT2D eigenvalue weighted by Gasteiger charge is 2.22. The fraction of sp³-hybridized carbons (Fsp3) is 0.455. The molecule has 6 heteroatoms. The Morgan fingerprint density at radius 3 is 2.76 bits per heavy atom. The van der Waals surface area contributed by atoms with Crippen molar-refractivity contribution in [2.75, 3.05) is 20.1 Å². The Labute approximate surface area is 98.4 Å². The van der Waals surface area contributed by atoms with Gasteiger partial charge in [0.15, 0.2) is 0 Å². The van der Waals surface area contributed by atoms with E-state index in [1.165, 1.54) is 12.1 Å². The molecule has 0 amide bonds. The lowest BCUT2D eigenvalue weighted by atomic mass is 10.1. The van der Waals surface area contributed by atoms with Gasteiger partial charge in [-0.1, -0.05) is 0 Å². The molecule has 0 atom stereocenters. The lowest BCUT2D eigenvalue weighted by molar-refractivity contribution is -0.385. The van der Waals surface area contributed by atoms with E-state index in [0.29, 0.717) is 18.2 Å². The van der Waals surface area contributed by atoms with Crippen molar-refractivity contribution in [3.63, 3.8) is 0 Å². The molecule has 1 N–H and O–H groups in total. The van der Waals surface area contributed by atoms with Gasteiger partial charge in [0, 0.05) is 31.7 Å². The monoisotopic (exact) mass is 239 g/mol. The van der Waals surface area contributed by atoms with Gasteiger partial charge < -0.3 is 5.32 Å². The number of hydrogen-bond donors (Lipinski definition) is 1. The molecule has 0 radical (unpaired) electrons. The number of non-ortho nitro benzene ring substituents is 1. The van der Waals surface area contributed by atoms with Crippen molar-refractivity contribution < 1.29 is 9.31 Å². The van der Waals surface area contributed by atoms with E-state index in [4.69, 9.17) is 0 Å². The first-order valence-corrected chi connectivity index (χ1v) is 5.41. The van der Waals surface area contributed by atoms with Crippen LogP contribution in [0.2, 0.25) is 0 Å². The van der Waals surface area contributed by atoms with E-state index in [1.807, 2.05) is 7.05 Å². The summed E-state index contributed by atoms with van der Waals surface area (Å²) in [4.78, 5) is 12.1. The van der Waals surface area contributed by atoms with Crippen LogP contribution in [0.1, 0.15) is 5.56 Å². The zero-order valence-electron chi connectivity index (χ0n) is 9.52. The molecule has 0 aliphatic carbocycles. The first-order valence-electron chi connectivity index (χ1n) is 5.41. The van der Waals surface area contributed by atoms with Crippen molar-refractivity contribution in [3.8, 4) is 0 Å². The Bertz CT molecular complexity index is 435. The molecule has 1 saturated heterocycles. The first kappa shape index (κ1) is 11.9. The van der Waals surface area contributed by atoms with E-state index in [9.17, 15) is 14.5 Å². The van der Waals surface area contributed by atoms with E-state index < -0.39 is 10.7 Å². The van der Waals surface area contributed by atoms with E-state index in [1.54, 1.807) is 0 Å². The third-order valence-electron chi connectivity index (χ3n) is 2.97. The molecule has 2 rings (SSSR count). The van der Waals surface area contributed by atoms with Gasteiger partial charge in [-0.2, -0.15) is 0 Å². The molecule has 5 nitrogen and oxygen atoms in total. The molecule has 0 spiro atoms. The number of nitrogens with zero attached hydrogens (tertiary/aromatic N) is 2. The summed E-state index contributed by atoms with van der Waals surface area (Å²) < 4.78 is 13.2. The Hall–Kier alpha value is -1.53. The van der Waals surface area contributed by atoms with Crippen LogP contribution in [-0.4, -0.2) is 36.0 Å². The number of nitrogens with one attached hydrogen (secondary N) is 1. The van der Waals surface area contributed by atoms with Gasteiger partial charge in [0.05, 0.1) is 11.0 Å². The van der Waals surface area contributed by atoms with E-state index in [-0.39, 0.29) is 5.69 Å². The lowest BCUT2D eigenvalue weighted by Gasteiger charge is -2.35. The van der Waals surface area contributed by atoms with Crippen molar-refractivity contribution in [2.24, 2.45) is 0 Å². The highest BCUT2D eigenvalue weighted by atomic mass is 19.1. The van der Waals surface area contributed by atoms with Crippen molar-refractivity contribution in [1.29, 1.82) is 0 Å². The average Bonchev–Trinajstić information content (AvgIpc) is 2.13. The topological polar surface area (TPSA) is 58.4 Å². The Kier molecular flexibility index (Phi) is 3.35. The summed E-state index contributed by atoms with van der Waals surface area (Å²) in [5.74, 6) is -0.561. The van der Waals surface area contributed by atoms with Crippen molar-refractivity contribution in [3.05, 3.63) is 39.7 Å². The van der Waals surface area contributed by atoms with E-state index >= 15 is 0 Å². The van der Waals surface area contributed by atoms with Gasteiger partial charge in [-0.25, -0.2) is 4.39 Å². The molecule has 1 heterocycles. The number of nitro benzene ring substituents is 1. The van der Waals surface area contributed by atoms with Crippen LogP contribution in [0.5, 0.6) is 0 Å². The minimum atomic E-state index is -0.572. The van der Waals surface area contributed by atoms with Gasteiger partial charge in [0.25, 0.3) is 5.69 Å². The molecule has 1 aromatic carbocycles. The number of hydrogen-bond acceptors (Lipinski definition) is 4. The zero-order chi connectivity index (χ0) is 12.4. The van der Waals surface area contributed by atoms with Gasteiger partial charge in [-0.05, 0) is 18.7 Å². The maximum atomic E-state index is 13.2. The summed E-state index contributed by atoms with van der Waals surface area (Å²) in [5.41, 5.74) is 0.436. The number of halogens is 1. The molecule has 0 unspecified atom stereocenters. The molecule has 1 aliphatic rings. The second kappa shape index (κ2) is 4.77. The van der Waals surface area contributed by atoms with Crippen LogP contribution < -0.4 is 5.32 Å². The molecule has 92 valence electrons. The van der Waals surface area contributed by atoms with Crippen molar-refractivity contribution >= 4 is 5.69 Å². The quantitative estimate of drug-likeness (QED) is 0.632. The predicted octanol–water partition coefficient (Wildman–Crippen LogP) is 1.14. The smallest absolute Gasteiger partial charge is 0.272 e. The molecule has 1 fully saturated rings. The van der Waals surface area contributed by atoms with Crippen LogP contribution >= 0.6 is 0 Å². The summed E-state index contributed by atoms with van der Waals surface area (Å²) in [7, 11) is 1.93. The molecule has 0 saturated carbocycles. The molecule has 1 aliphatic heterocycles. The summed E-state index contributed by atoms with van der Waals surface area (Å²) in [6, 6.07) is 4.13. The van der Waals surface area contributed by atoms with Crippen molar-refractivity contribution in [1.82, 2.24) is 10.2 Å². The highest BCUT2D eigenvalue weighted by Crippen LogP contribution is 2.18. The Morgan fingerprint density at radius 2 is 2.24 bits per heavy atom. The average molecular weight is 239 g/mol. The summed E-state index contributed by atoms with van der Waals surface area (Å²) >= 11 is 0. The summed E-state index contributed by atoms with van der Waals surface area (Å²) in [6.07, 6.45) is 0. The highest BCUT2D eigenvalue weighted by molar-refractivity contribution is 5.35. The lowest BCUT2D eigenvalue weighted by Crippen LogP contribution is -2.55. The Morgan fingerprint density at radius 1 is 1.53 bits per heavy atom. The van der Waals surface area contributed by atoms with Crippen LogP contribution in [0.3, 0.4) is 0 Å². The predicted molar refractivity (Wildman–Crippen MR) is 61.2 cm³/mol. The number of likely N-dealkylation sites (N-methyl/N-ethyl adjacent to an activating group) is 1. The van der Waals surface area contributed by atoms with Crippen LogP contribution in [0.15, 0.2) is 18.2 Å². The second-order valence-corrected chi connectivity index (χ2v) is 4.30. The van der Waals surface area contributed by atoms with Crippen molar-refractivity contribution in [2.45, 2.75) is 12.6 Å². The third-order valence-corrected chi connectivity index (χ3v) is 2.97. The van der Waals surface area contributed by atoms with Gasteiger partial charge in [0.2, 0.25) is 0 Å². The number of benzene rings is 1. The van der Waals surface area contributed by atoms with Crippen LogP contribution in [0.25, 0.3) is 0 Å². The summed E-state index contributed by atoms with van der Waals surface area (Å²) in [5, 5.41) is 13.8. The normalized spacial score (nSPS) is 15.9. The number of rotatable bonds is 4. The van der Waals surface area contributed by atoms with Gasteiger partial charge >= 0.3 is 0 Å². The van der Waals surface area contributed by atoms with Gasteiger partial charge in [-0.15, -0.1) is 0 Å². The zero-order valence-corrected chi connectivity index (χ0v) is 9.52. The van der Waals surface area contributed by atoms with Gasteiger partial charge in [-0.3, -0.25) is 15.0 Å². The van der Waals surface area contributed by atoms with Crippen LogP contribution in [0, 0.1) is 15.9 Å². The summed E-state index contributed by atoms with van der Waals surface area (Å²) in [6.45, 7) is 2.34. The molecule has 0 bridgehead atoms. The van der Waals surface area contributed by atoms with Crippen LogP contribution in [0.4, 0.5) is 10.1 Å². The molecule has 17 heavy (non-hydrogen) atoms. The molecule has 0 aromatic heterocycles. The minimum Gasteiger partial charge on any atom is -0.314 e. The fourth-order valence-corrected chi connectivity index (χ4v) is 1.83. The van der Waals surface area contributed by atoms with E-state index in [2.05, 4.69) is 10.2 Å². The second-order valence-electron chi connectivity index (χ2n) is 4.30. The Balaban J connectivity index is 2.11. The molecule has 1 aromatic rings. The molecular weight excluding hydrogens is 225 g/mol. The van der Waals surface area contributed by atoms with Gasteiger partial charge in [0.1, 0.15) is 5.82 Å².